The largest absolute Gasteiger partial charge is 0.310 e. The zero-order valence-corrected chi connectivity index (χ0v) is 12.1. The Kier molecular flexibility index (Phi) is 3.54. The number of hydrogen-bond donors (Lipinski definition) is 0. The summed E-state index contributed by atoms with van der Waals surface area (Å²) in [5.41, 5.74) is 1.07. The highest BCUT2D eigenvalue weighted by Crippen LogP contribution is 2.23. The van der Waals surface area contributed by atoms with E-state index in [4.69, 9.17) is 11.6 Å². The quantitative estimate of drug-likeness (QED) is 0.679. The van der Waals surface area contributed by atoms with E-state index in [2.05, 4.69) is 9.97 Å². The van der Waals surface area contributed by atoms with E-state index >= 15 is 0 Å². The van der Waals surface area contributed by atoms with Gasteiger partial charge in [0.15, 0.2) is 0 Å². The molecule has 104 valence electrons. The number of hydrogen-bond acceptors (Lipinski definition) is 3. The molecule has 0 saturated carbocycles. The molecule has 0 unspecified atom stereocenters. The highest BCUT2D eigenvalue weighted by atomic mass is 35.5. The third kappa shape index (κ3) is 2.58. The lowest BCUT2D eigenvalue weighted by Gasteiger charge is -2.17. The molecule has 0 saturated heterocycles. The van der Waals surface area contributed by atoms with Crippen molar-refractivity contribution in [3.05, 3.63) is 65.7 Å². The molecule has 0 fully saturated rings. The lowest BCUT2D eigenvalue weighted by atomic mass is 10.1. The lowest BCUT2D eigenvalue weighted by Crippen LogP contribution is -2.27. The number of benzene rings is 1. The molecular weight excluding hydrogens is 286 g/mol. The van der Waals surface area contributed by atoms with Gasteiger partial charge in [0.05, 0.1) is 0 Å². The first-order chi connectivity index (χ1) is 10.2. The molecule has 0 aliphatic heterocycles. The van der Waals surface area contributed by atoms with Crippen molar-refractivity contribution in [3.63, 3.8) is 0 Å². The predicted molar refractivity (Wildman–Crippen MR) is 83.7 cm³/mol. The SMILES string of the molecule is CN(C(=O)c1cc2ccccc2c(Cl)n1)c1ccncc1. The topological polar surface area (TPSA) is 46.1 Å². The molecule has 5 heteroatoms. The number of carbonyl (C=O) groups is 1. The summed E-state index contributed by atoms with van der Waals surface area (Å²) in [6.45, 7) is 0. The molecule has 3 aromatic rings. The van der Waals surface area contributed by atoms with Gasteiger partial charge in [-0.3, -0.25) is 9.78 Å². The van der Waals surface area contributed by atoms with Gasteiger partial charge in [0, 0.05) is 30.5 Å². The molecule has 2 heterocycles. The van der Waals surface area contributed by atoms with Crippen LogP contribution in [0.2, 0.25) is 5.15 Å². The fourth-order valence-electron chi connectivity index (χ4n) is 2.12. The van der Waals surface area contributed by atoms with Crippen molar-refractivity contribution in [2.75, 3.05) is 11.9 Å². The average molecular weight is 298 g/mol. The maximum absolute atomic E-state index is 12.5. The van der Waals surface area contributed by atoms with Gasteiger partial charge in [-0.25, -0.2) is 4.98 Å². The van der Waals surface area contributed by atoms with Crippen molar-refractivity contribution < 1.29 is 4.79 Å². The van der Waals surface area contributed by atoms with E-state index in [1.165, 1.54) is 4.90 Å². The molecule has 4 nitrogen and oxygen atoms in total. The number of amides is 1. The first kappa shape index (κ1) is 13.5. The number of halogens is 1. The smallest absolute Gasteiger partial charge is 0.276 e. The number of rotatable bonds is 2. The second kappa shape index (κ2) is 5.50. The monoisotopic (exact) mass is 297 g/mol. The van der Waals surface area contributed by atoms with Crippen molar-refractivity contribution in [2.45, 2.75) is 0 Å². The van der Waals surface area contributed by atoms with Crippen LogP contribution in [0.3, 0.4) is 0 Å². The van der Waals surface area contributed by atoms with Gasteiger partial charge in [0.2, 0.25) is 0 Å². The molecule has 3 rings (SSSR count). The van der Waals surface area contributed by atoms with Crippen LogP contribution in [0.15, 0.2) is 54.9 Å². The molecular formula is C16H12ClN3O. The summed E-state index contributed by atoms with van der Waals surface area (Å²) in [4.78, 5) is 22.2. The number of aromatic nitrogens is 2. The van der Waals surface area contributed by atoms with E-state index in [1.54, 1.807) is 37.6 Å². The average Bonchev–Trinajstić information content (AvgIpc) is 2.54. The summed E-state index contributed by atoms with van der Waals surface area (Å²) in [7, 11) is 1.70. The van der Waals surface area contributed by atoms with E-state index in [9.17, 15) is 4.79 Å². The van der Waals surface area contributed by atoms with Crippen LogP contribution in [0, 0.1) is 0 Å². The molecule has 2 aromatic heterocycles. The minimum absolute atomic E-state index is 0.214. The molecule has 0 aliphatic carbocycles. The van der Waals surface area contributed by atoms with Gasteiger partial charge in [0.25, 0.3) is 5.91 Å². The van der Waals surface area contributed by atoms with Crippen LogP contribution in [0.5, 0.6) is 0 Å². The number of anilines is 1. The molecule has 0 N–H and O–H groups in total. The number of fused-ring (bicyclic) bond motifs is 1. The van der Waals surface area contributed by atoms with Crippen LogP contribution in [0.25, 0.3) is 10.8 Å². The first-order valence-electron chi connectivity index (χ1n) is 6.40. The predicted octanol–water partition coefficient (Wildman–Crippen LogP) is 3.56. The molecule has 21 heavy (non-hydrogen) atoms. The lowest BCUT2D eigenvalue weighted by molar-refractivity contribution is 0.0988. The molecule has 0 spiro atoms. The van der Waals surface area contributed by atoms with Gasteiger partial charge < -0.3 is 4.90 Å². The van der Waals surface area contributed by atoms with Crippen LogP contribution >= 0.6 is 11.6 Å². The van der Waals surface area contributed by atoms with Crippen LogP contribution in [-0.2, 0) is 0 Å². The maximum Gasteiger partial charge on any atom is 0.276 e. The zero-order valence-electron chi connectivity index (χ0n) is 11.3. The highest BCUT2D eigenvalue weighted by molar-refractivity contribution is 6.34. The number of nitrogens with zero attached hydrogens (tertiary/aromatic N) is 3. The Bertz CT molecular complexity index is 805. The molecule has 0 atom stereocenters. The van der Waals surface area contributed by atoms with Gasteiger partial charge in [-0.2, -0.15) is 0 Å². The highest BCUT2D eigenvalue weighted by Gasteiger charge is 2.16. The summed E-state index contributed by atoms with van der Waals surface area (Å²) < 4.78 is 0. The summed E-state index contributed by atoms with van der Waals surface area (Å²) in [6.07, 6.45) is 3.28. The molecule has 1 amide bonds. The van der Waals surface area contributed by atoms with Gasteiger partial charge in [0.1, 0.15) is 10.8 Å². The molecule has 0 aliphatic rings. The Morgan fingerprint density at radius 2 is 1.86 bits per heavy atom. The fraction of sp³-hybridized carbons (Fsp3) is 0.0625. The minimum atomic E-state index is -0.214. The van der Waals surface area contributed by atoms with Crippen LogP contribution in [0.4, 0.5) is 5.69 Å². The maximum atomic E-state index is 12.5. The summed E-state index contributed by atoms with van der Waals surface area (Å²) in [6, 6.07) is 12.9. The van der Waals surface area contributed by atoms with E-state index in [0.717, 1.165) is 16.5 Å². The summed E-state index contributed by atoms with van der Waals surface area (Å²) in [5.74, 6) is -0.214. The fourth-order valence-corrected chi connectivity index (χ4v) is 2.39. The summed E-state index contributed by atoms with van der Waals surface area (Å²) >= 11 is 6.17. The Morgan fingerprint density at radius 1 is 1.14 bits per heavy atom. The Balaban J connectivity index is 2.02. The number of carbonyl (C=O) groups excluding carboxylic acids is 1. The zero-order chi connectivity index (χ0) is 14.8. The van der Waals surface area contributed by atoms with Gasteiger partial charge >= 0.3 is 0 Å². The molecule has 0 bridgehead atoms. The van der Waals surface area contributed by atoms with Crippen LogP contribution in [0.1, 0.15) is 10.5 Å². The van der Waals surface area contributed by atoms with E-state index in [-0.39, 0.29) is 5.91 Å². The third-order valence-electron chi connectivity index (χ3n) is 3.27. The van der Waals surface area contributed by atoms with Crippen LogP contribution in [-0.4, -0.2) is 22.9 Å². The van der Waals surface area contributed by atoms with Gasteiger partial charge in [-0.1, -0.05) is 35.9 Å². The molecule has 0 radical (unpaired) electrons. The third-order valence-corrected chi connectivity index (χ3v) is 3.56. The van der Waals surface area contributed by atoms with E-state index < -0.39 is 0 Å². The van der Waals surface area contributed by atoms with Crippen molar-refractivity contribution in [2.24, 2.45) is 0 Å². The van der Waals surface area contributed by atoms with Gasteiger partial charge in [-0.15, -0.1) is 0 Å². The Hall–Kier alpha value is -2.46. The van der Waals surface area contributed by atoms with Crippen molar-refractivity contribution in [1.29, 1.82) is 0 Å². The minimum Gasteiger partial charge on any atom is -0.310 e. The number of pyridine rings is 2. The van der Waals surface area contributed by atoms with E-state index in [0.29, 0.717) is 10.8 Å². The summed E-state index contributed by atoms with van der Waals surface area (Å²) in [5, 5.41) is 2.06. The van der Waals surface area contributed by atoms with Crippen molar-refractivity contribution in [3.8, 4) is 0 Å². The second-order valence-electron chi connectivity index (χ2n) is 4.59. The normalized spacial score (nSPS) is 10.6. The first-order valence-corrected chi connectivity index (χ1v) is 6.78. The Labute approximate surface area is 127 Å². The standard InChI is InChI=1S/C16H12ClN3O/c1-20(12-6-8-18-9-7-12)16(21)14-10-11-4-2-3-5-13(11)15(17)19-14/h2-10H,1H3. The van der Waals surface area contributed by atoms with E-state index in [1.807, 2.05) is 24.3 Å². The second-order valence-corrected chi connectivity index (χ2v) is 4.95. The van der Waals surface area contributed by atoms with Crippen molar-refractivity contribution >= 4 is 34.0 Å². The van der Waals surface area contributed by atoms with Crippen LogP contribution < -0.4 is 4.90 Å². The van der Waals surface area contributed by atoms with Gasteiger partial charge in [-0.05, 0) is 23.6 Å². The Morgan fingerprint density at radius 3 is 2.62 bits per heavy atom. The van der Waals surface area contributed by atoms with Crippen molar-refractivity contribution in [1.82, 2.24) is 9.97 Å². The molecule has 1 aromatic carbocycles.